The number of aryl methyl sites for hydroxylation is 2. The quantitative estimate of drug-likeness (QED) is 0.0421. The number of aromatic nitrogens is 4. The van der Waals surface area contributed by atoms with Crippen LogP contribution in [0.4, 0.5) is 53.0 Å². The smallest absolute Gasteiger partial charge is 0.270 e. The van der Waals surface area contributed by atoms with Gasteiger partial charge in [-0.15, -0.1) is 19.6 Å². The van der Waals surface area contributed by atoms with Gasteiger partial charge in [-0.05, 0) is 118 Å². The van der Waals surface area contributed by atoms with E-state index in [0.717, 1.165) is 33.8 Å². The Bertz CT molecular complexity index is 4810. The van der Waals surface area contributed by atoms with E-state index >= 15 is 0 Å². The summed E-state index contributed by atoms with van der Waals surface area (Å²) in [7, 11) is 0. The van der Waals surface area contributed by atoms with Crippen molar-refractivity contribution in [2.75, 3.05) is 0 Å². The zero-order valence-electron chi connectivity index (χ0n) is 46.9. The van der Waals surface area contributed by atoms with Crippen molar-refractivity contribution in [3.63, 3.8) is 0 Å². The average Bonchev–Trinajstić information content (AvgIpc) is 1.68. The summed E-state index contributed by atoms with van der Waals surface area (Å²) >= 11 is 0. The van der Waals surface area contributed by atoms with Gasteiger partial charge in [0, 0.05) is 63.5 Å². The summed E-state index contributed by atoms with van der Waals surface area (Å²) in [6.45, 7) is 4.46. The van der Waals surface area contributed by atoms with E-state index in [9.17, 15) is 83.6 Å². The average molecular weight is 1230 g/mol. The van der Waals surface area contributed by atoms with Crippen LogP contribution in [0.25, 0.3) is 43.6 Å². The van der Waals surface area contributed by atoms with Gasteiger partial charge in [-0.1, -0.05) is 77.9 Å². The molecule has 25 nitrogen and oxygen atoms in total. The van der Waals surface area contributed by atoms with Gasteiger partial charge in [-0.2, -0.15) is 0 Å². The van der Waals surface area contributed by atoms with Crippen LogP contribution >= 0.6 is 0 Å². The number of aromatic hydroxyl groups is 4. The van der Waals surface area contributed by atoms with E-state index in [-0.39, 0.29) is 87.8 Å². The molecule has 28 heteroatoms. The van der Waals surface area contributed by atoms with Crippen molar-refractivity contribution >= 4 is 83.4 Å². The molecule has 0 bridgehead atoms. The lowest BCUT2D eigenvalue weighted by molar-refractivity contribution is -0.385. The Morgan fingerprint density at radius 3 is 1.12 bits per heavy atom. The molecule has 0 aliphatic carbocycles. The molecule has 90 heavy (non-hydrogen) atoms. The number of benzene rings is 8. The second-order valence-corrected chi connectivity index (χ2v) is 20.1. The number of nitrogens with zero attached hydrogens (tertiary/aromatic N) is 11. The highest BCUT2D eigenvalue weighted by atomic mass is 19.1. The molecule has 454 valence electrons. The third-order valence-electron chi connectivity index (χ3n) is 14.4. The summed E-state index contributed by atoms with van der Waals surface area (Å²) in [5.41, 5.74) is 5.54. The molecule has 8 aromatic carbocycles. The molecule has 0 saturated carbocycles. The number of nitroso groups, excluding NO2 is 4. The van der Waals surface area contributed by atoms with Crippen LogP contribution in [0.1, 0.15) is 33.4 Å². The fourth-order valence-electron chi connectivity index (χ4n) is 10.0. The maximum atomic E-state index is 13.8. The normalized spacial score (nSPS) is 10.9. The molecule has 0 saturated heterocycles. The number of halogens is 3. The number of nitro benzene ring substituents is 3. The first-order chi connectivity index (χ1) is 43.1. The molecular formula is C62H46F3N11O14. The fourth-order valence-corrected chi connectivity index (χ4v) is 10.0. The van der Waals surface area contributed by atoms with Crippen LogP contribution in [0, 0.1) is 81.3 Å². The van der Waals surface area contributed by atoms with Crippen LogP contribution in [-0.4, -0.2) is 53.5 Å². The van der Waals surface area contributed by atoms with E-state index in [1.807, 2.05) is 44.2 Å². The van der Waals surface area contributed by atoms with E-state index in [1.54, 1.807) is 57.7 Å². The Balaban J connectivity index is 0.000000142. The van der Waals surface area contributed by atoms with Gasteiger partial charge in [0.15, 0.2) is 22.7 Å². The van der Waals surface area contributed by atoms with E-state index in [1.165, 1.54) is 94.1 Å². The lowest BCUT2D eigenvalue weighted by Crippen LogP contribution is -2.01. The standard InChI is InChI=1S/C16H13FN2O2.C16H13N3O4.2C15H10FN3O4/c1-10-2-7-14-13(8-10)15(18-21)16(20)19(14)9-11-3-5-12(17)6-4-11;1-10-2-7-14-13(8-10)15(17-21)16(20)18(14)9-11-3-5-12(6-4-11)19(22)23;16-10-3-1-2-9(6-10)8-18-13-5-4-11(19(22)23)7-12(13)14(17-21)15(18)20;16-12-4-2-1-3-9(12)8-18-13-6-5-10(19(22)23)7-11(13)14(17-21)15(18)20/h2-8,20H,9H2,1H3;2-8,20H,9H2,1H3;2*1-7,20H,8H2. The van der Waals surface area contributed by atoms with Crippen molar-refractivity contribution in [2.45, 2.75) is 40.0 Å². The number of hydrogen-bond donors (Lipinski definition) is 4. The minimum absolute atomic E-state index is 0.00112. The third kappa shape index (κ3) is 12.9. The van der Waals surface area contributed by atoms with E-state index in [2.05, 4.69) is 20.7 Å². The van der Waals surface area contributed by atoms with Gasteiger partial charge in [-0.3, -0.25) is 30.3 Å². The Kier molecular flexibility index (Phi) is 18.2. The highest BCUT2D eigenvalue weighted by Gasteiger charge is 2.24. The summed E-state index contributed by atoms with van der Waals surface area (Å²) in [5, 5.41) is 86.1. The minimum atomic E-state index is -0.612. The monoisotopic (exact) mass is 1230 g/mol. The number of hydrogen-bond acceptors (Lipinski definition) is 18. The van der Waals surface area contributed by atoms with Crippen molar-refractivity contribution in [1.82, 2.24) is 18.3 Å². The predicted molar refractivity (Wildman–Crippen MR) is 328 cm³/mol. The van der Waals surface area contributed by atoms with Crippen LogP contribution in [0.15, 0.2) is 191 Å². The molecule has 0 amide bonds. The maximum Gasteiger partial charge on any atom is 0.270 e. The SMILES string of the molecule is Cc1ccc2c(c1)c(N=O)c(O)n2Cc1ccc(F)cc1.Cc1ccc2c(c1)c(N=O)c(O)n2Cc1ccc([N+](=O)[O-])cc1.O=Nc1c(O)n(Cc2cccc(F)c2)c2ccc([N+](=O)[O-])cc12.O=Nc1c(O)n(Cc2ccccc2F)c2ccc([N+](=O)[O-])cc12. The molecule has 0 aliphatic rings. The molecule has 0 spiro atoms. The maximum absolute atomic E-state index is 13.8. The first-order valence-corrected chi connectivity index (χ1v) is 26.6. The van der Waals surface area contributed by atoms with E-state index in [0.29, 0.717) is 45.0 Å². The van der Waals surface area contributed by atoms with Gasteiger partial charge in [0.2, 0.25) is 23.5 Å². The van der Waals surface area contributed by atoms with Crippen molar-refractivity contribution < 1.29 is 48.4 Å². The summed E-state index contributed by atoms with van der Waals surface area (Å²) in [6, 6.07) is 42.5. The summed E-state index contributed by atoms with van der Waals surface area (Å²) in [5.74, 6) is -2.46. The lowest BCUT2D eigenvalue weighted by atomic mass is 10.1. The van der Waals surface area contributed by atoms with Gasteiger partial charge in [0.25, 0.3) is 17.1 Å². The molecule has 0 fully saturated rings. The highest BCUT2D eigenvalue weighted by Crippen LogP contribution is 2.44. The first-order valence-electron chi connectivity index (χ1n) is 26.6. The number of non-ortho nitro benzene ring substituents is 3. The van der Waals surface area contributed by atoms with Crippen molar-refractivity contribution in [3.8, 4) is 23.5 Å². The van der Waals surface area contributed by atoms with Crippen LogP contribution in [0.2, 0.25) is 0 Å². The Morgan fingerprint density at radius 2 is 0.733 bits per heavy atom. The topological polar surface area (TPSA) is 348 Å². The van der Waals surface area contributed by atoms with Crippen molar-refractivity contribution in [1.29, 1.82) is 0 Å². The van der Waals surface area contributed by atoms with Gasteiger partial charge in [0.1, 0.15) is 17.5 Å². The van der Waals surface area contributed by atoms with Crippen LogP contribution in [-0.2, 0) is 26.2 Å². The summed E-state index contributed by atoms with van der Waals surface area (Å²) in [4.78, 5) is 74.7. The Labute approximate surface area is 503 Å². The van der Waals surface area contributed by atoms with Crippen molar-refractivity contribution in [3.05, 3.63) is 271 Å². The molecule has 12 aromatic rings. The van der Waals surface area contributed by atoms with Gasteiger partial charge >= 0.3 is 0 Å². The fraction of sp³-hybridized carbons (Fsp3) is 0.0968. The van der Waals surface area contributed by atoms with Gasteiger partial charge < -0.3 is 38.7 Å². The third-order valence-corrected chi connectivity index (χ3v) is 14.4. The lowest BCUT2D eigenvalue weighted by Gasteiger charge is -2.08. The number of fused-ring (bicyclic) bond motifs is 4. The molecule has 0 aliphatic heterocycles. The van der Waals surface area contributed by atoms with Crippen molar-refractivity contribution in [2.24, 2.45) is 20.7 Å². The number of nitro groups is 3. The zero-order valence-corrected chi connectivity index (χ0v) is 46.9. The molecule has 0 atom stereocenters. The minimum Gasteiger partial charge on any atom is -0.493 e. The highest BCUT2D eigenvalue weighted by molar-refractivity contribution is 5.99. The van der Waals surface area contributed by atoms with E-state index < -0.39 is 38.2 Å². The summed E-state index contributed by atoms with van der Waals surface area (Å²) in [6.07, 6.45) is 0. The van der Waals surface area contributed by atoms with Crippen LogP contribution < -0.4 is 0 Å². The predicted octanol–water partition coefficient (Wildman–Crippen LogP) is 15.9. The Hall–Kier alpha value is -12.5. The largest absolute Gasteiger partial charge is 0.493 e. The molecule has 4 aromatic heterocycles. The van der Waals surface area contributed by atoms with Gasteiger partial charge in [-0.25, -0.2) is 13.2 Å². The zero-order chi connectivity index (χ0) is 64.7. The number of rotatable bonds is 15. The second kappa shape index (κ2) is 26.4. The Morgan fingerprint density at radius 1 is 0.378 bits per heavy atom. The van der Waals surface area contributed by atoms with Crippen LogP contribution in [0.5, 0.6) is 23.5 Å². The van der Waals surface area contributed by atoms with E-state index in [4.69, 9.17) is 0 Å². The molecule has 0 radical (unpaired) electrons. The summed E-state index contributed by atoms with van der Waals surface area (Å²) < 4.78 is 45.8. The molecule has 4 N–H and O–H groups in total. The molecule has 0 unspecified atom stereocenters. The van der Waals surface area contributed by atoms with Gasteiger partial charge in [0.05, 0.1) is 63.0 Å². The molecule has 12 rings (SSSR count). The molecule has 4 heterocycles. The molecular weight excluding hydrogens is 1180 g/mol. The first kappa shape index (κ1) is 62.1. The second-order valence-electron chi connectivity index (χ2n) is 20.1. The van der Waals surface area contributed by atoms with Crippen LogP contribution in [0.3, 0.4) is 0 Å².